The summed E-state index contributed by atoms with van der Waals surface area (Å²) in [6, 6.07) is 5.27. The van der Waals surface area contributed by atoms with E-state index < -0.39 is 5.97 Å². The molecule has 2 aromatic heterocycles. The van der Waals surface area contributed by atoms with E-state index in [0.717, 1.165) is 11.5 Å². The van der Waals surface area contributed by atoms with Crippen LogP contribution in [0.1, 0.15) is 10.5 Å². The van der Waals surface area contributed by atoms with Crippen LogP contribution in [-0.4, -0.2) is 25.6 Å². The molecule has 2 rings (SSSR count). The van der Waals surface area contributed by atoms with E-state index in [9.17, 15) is 4.79 Å². The number of carbonyl (C=O) groups is 1. The van der Waals surface area contributed by atoms with E-state index in [1.54, 1.807) is 24.4 Å². The van der Waals surface area contributed by atoms with Crippen LogP contribution in [-0.2, 0) is 0 Å². The summed E-state index contributed by atoms with van der Waals surface area (Å²) in [4.78, 5) is 15.2. The van der Waals surface area contributed by atoms with E-state index >= 15 is 0 Å². The zero-order chi connectivity index (χ0) is 9.97. The van der Waals surface area contributed by atoms with Crippen molar-refractivity contribution in [2.24, 2.45) is 0 Å². The lowest BCUT2D eigenvalue weighted by Crippen LogP contribution is -1.99. The van der Waals surface area contributed by atoms with E-state index in [4.69, 9.17) is 5.11 Å². The van der Waals surface area contributed by atoms with Gasteiger partial charge < -0.3 is 5.11 Å². The van der Waals surface area contributed by atoms with E-state index in [1.807, 2.05) is 0 Å². The maximum atomic E-state index is 10.7. The van der Waals surface area contributed by atoms with E-state index in [1.165, 1.54) is 0 Å². The van der Waals surface area contributed by atoms with Gasteiger partial charge in [0.15, 0.2) is 5.69 Å². The lowest BCUT2D eigenvalue weighted by molar-refractivity contribution is 0.0691. The van der Waals surface area contributed by atoms with Crippen molar-refractivity contribution < 1.29 is 9.90 Å². The first-order valence-corrected chi connectivity index (χ1v) is 4.53. The van der Waals surface area contributed by atoms with Gasteiger partial charge in [0.05, 0.1) is 5.69 Å². The highest BCUT2D eigenvalue weighted by atomic mass is 32.1. The monoisotopic (exact) mass is 207 g/mol. The van der Waals surface area contributed by atoms with Crippen LogP contribution in [0.3, 0.4) is 0 Å². The molecular formula is C8H5N3O2S. The molecule has 0 amide bonds. The Hall–Kier alpha value is -1.82. The molecule has 14 heavy (non-hydrogen) atoms. The topological polar surface area (TPSA) is 76.0 Å². The first-order valence-electron chi connectivity index (χ1n) is 3.76. The normalized spacial score (nSPS) is 10.0. The van der Waals surface area contributed by atoms with Crippen molar-refractivity contribution in [2.75, 3.05) is 0 Å². The van der Waals surface area contributed by atoms with Gasteiger partial charge in [0.1, 0.15) is 4.88 Å². The summed E-state index contributed by atoms with van der Waals surface area (Å²) >= 11 is 1.03. The Balaban J connectivity index is 2.52. The summed E-state index contributed by atoms with van der Waals surface area (Å²) in [5, 5.41) is 12.3. The summed E-state index contributed by atoms with van der Waals surface area (Å²) in [7, 11) is 0. The molecule has 0 saturated heterocycles. The molecule has 2 aromatic rings. The van der Waals surface area contributed by atoms with Crippen LogP contribution in [0.4, 0.5) is 0 Å². The lowest BCUT2D eigenvalue weighted by Gasteiger charge is -1.94. The molecule has 0 unspecified atom stereocenters. The maximum absolute atomic E-state index is 10.7. The Morgan fingerprint density at radius 2 is 2.29 bits per heavy atom. The first kappa shape index (κ1) is 8.76. The highest BCUT2D eigenvalue weighted by Crippen LogP contribution is 2.23. The Bertz CT molecular complexity index is 455. The number of carboxylic acids is 1. The van der Waals surface area contributed by atoms with Crippen LogP contribution >= 0.6 is 11.5 Å². The van der Waals surface area contributed by atoms with Gasteiger partial charge in [-0.2, -0.15) is 0 Å². The smallest absolute Gasteiger partial charge is 0.358 e. The van der Waals surface area contributed by atoms with Crippen LogP contribution in [0, 0.1) is 0 Å². The average Bonchev–Trinajstić information content (AvgIpc) is 2.67. The molecule has 0 saturated carbocycles. The molecule has 0 spiro atoms. The lowest BCUT2D eigenvalue weighted by atomic mass is 10.2. The molecule has 0 aliphatic rings. The molecule has 1 N–H and O–H groups in total. The molecule has 0 aliphatic heterocycles. The predicted molar refractivity (Wildman–Crippen MR) is 50.1 cm³/mol. The van der Waals surface area contributed by atoms with E-state index in [0.29, 0.717) is 10.6 Å². The Morgan fingerprint density at radius 3 is 2.93 bits per heavy atom. The summed E-state index contributed by atoms with van der Waals surface area (Å²) in [5.41, 5.74) is 0.536. The van der Waals surface area contributed by atoms with Crippen LogP contribution in [0.25, 0.3) is 10.6 Å². The quantitative estimate of drug-likeness (QED) is 0.803. The van der Waals surface area contributed by atoms with Gasteiger partial charge in [0.2, 0.25) is 0 Å². The van der Waals surface area contributed by atoms with Crippen LogP contribution in [0.5, 0.6) is 0 Å². The molecule has 2 heterocycles. The van der Waals surface area contributed by atoms with Gasteiger partial charge in [-0.25, -0.2) is 4.79 Å². The first-order chi connectivity index (χ1) is 6.79. The number of pyridine rings is 1. The van der Waals surface area contributed by atoms with Crippen molar-refractivity contribution in [3.8, 4) is 10.6 Å². The number of aromatic nitrogens is 3. The highest BCUT2D eigenvalue weighted by molar-refractivity contribution is 7.09. The maximum Gasteiger partial charge on any atom is 0.358 e. The molecule has 70 valence electrons. The molecule has 0 radical (unpaired) electrons. The number of nitrogens with zero attached hydrogens (tertiary/aromatic N) is 3. The van der Waals surface area contributed by atoms with E-state index in [-0.39, 0.29) is 5.69 Å². The van der Waals surface area contributed by atoms with Gasteiger partial charge >= 0.3 is 5.97 Å². The van der Waals surface area contributed by atoms with Gasteiger partial charge in [-0.05, 0) is 23.7 Å². The third-order valence-corrected chi connectivity index (χ3v) is 2.34. The summed E-state index contributed by atoms with van der Waals surface area (Å²) in [5.74, 6) is -1.08. The second kappa shape index (κ2) is 3.51. The molecule has 0 aliphatic carbocycles. The van der Waals surface area contributed by atoms with Crippen molar-refractivity contribution in [3.05, 3.63) is 30.1 Å². The zero-order valence-electron chi connectivity index (χ0n) is 6.91. The fraction of sp³-hybridized carbons (Fsp3) is 0. The number of hydrogen-bond acceptors (Lipinski definition) is 5. The van der Waals surface area contributed by atoms with Crippen LogP contribution in [0.15, 0.2) is 24.4 Å². The fourth-order valence-electron chi connectivity index (χ4n) is 0.996. The van der Waals surface area contributed by atoms with Gasteiger partial charge in [-0.3, -0.25) is 4.98 Å². The highest BCUT2D eigenvalue weighted by Gasteiger charge is 2.16. The SMILES string of the molecule is O=C(O)c1nnsc1-c1ccccn1. The van der Waals surface area contributed by atoms with Crippen LogP contribution in [0.2, 0.25) is 0 Å². The number of aromatic carboxylic acids is 1. The molecule has 6 heteroatoms. The standard InChI is InChI=1S/C8H5N3O2S/c12-8(13)6-7(14-11-10-6)5-3-1-2-4-9-5/h1-4H,(H,12,13). The number of rotatable bonds is 2. The number of hydrogen-bond donors (Lipinski definition) is 1. The second-order valence-corrected chi connectivity index (χ2v) is 3.22. The van der Waals surface area contributed by atoms with Crippen molar-refractivity contribution in [1.29, 1.82) is 0 Å². The second-order valence-electron chi connectivity index (χ2n) is 2.47. The summed E-state index contributed by atoms with van der Waals surface area (Å²) < 4.78 is 3.59. The summed E-state index contributed by atoms with van der Waals surface area (Å²) in [6.07, 6.45) is 1.60. The number of carboxylic acid groups (broad SMARTS) is 1. The third-order valence-electron chi connectivity index (χ3n) is 1.59. The molecule has 0 aromatic carbocycles. The Morgan fingerprint density at radius 1 is 1.43 bits per heavy atom. The van der Waals surface area contributed by atoms with Crippen molar-refractivity contribution in [1.82, 2.24) is 14.6 Å². The molecule has 0 fully saturated rings. The fourth-order valence-corrected chi connectivity index (χ4v) is 1.63. The van der Waals surface area contributed by atoms with Crippen molar-refractivity contribution in [3.63, 3.8) is 0 Å². The van der Waals surface area contributed by atoms with Gasteiger partial charge in [0, 0.05) is 6.20 Å². The Labute approximate surface area is 83.2 Å². The molecular weight excluding hydrogens is 202 g/mol. The van der Waals surface area contributed by atoms with Gasteiger partial charge in [-0.1, -0.05) is 10.6 Å². The van der Waals surface area contributed by atoms with Crippen LogP contribution < -0.4 is 0 Å². The zero-order valence-corrected chi connectivity index (χ0v) is 7.73. The average molecular weight is 207 g/mol. The summed E-state index contributed by atoms with van der Waals surface area (Å²) in [6.45, 7) is 0. The van der Waals surface area contributed by atoms with E-state index in [2.05, 4.69) is 14.6 Å². The minimum atomic E-state index is -1.08. The van der Waals surface area contributed by atoms with Crippen molar-refractivity contribution in [2.45, 2.75) is 0 Å². The van der Waals surface area contributed by atoms with Crippen molar-refractivity contribution >= 4 is 17.5 Å². The third kappa shape index (κ3) is 1.47. The largest absolute Gasteiger partial charge is 0.476 e. The molecule has 0 atom stereocenters. The minimum Gasteiger partial charge on any atom is -0.476 e. The predicted octanol–water partition coefficient (Wildman–Crippen LogP) is 1.30. The minimum absolute atomic E-state index is 0.0475. The molecule has 0 bridgehead atoms. The van der Waals surface area contributed by atoms with Gasteiger partial charge in [-0.15, -0.1) is 5.10 Å². The van der Waals surface area contributed by atoms with Gasteiger partial charge in [0.25, 0.3) is 0 Å². The molecule has 5 nitrogen and oxygen atoms in total. The Kier molecular flexibility index (Phi) is 2.19.